The Balaban J connectivity index is 1.69. The predicted octanol–water partition coefficient (Wildman–Crippen LogP) is 3.45. The third kappa shape index (κ3) is 4.22. The topological polar surface area (TPSA) is 45.7 Å². The second kappa shape index (κ2) is 8.14. The zero-order valence-corrected chi connectivity index (χ0v) is 16.2. The van der Waals surface area contributed by atoms with Gasteiger partial charge in [-0.3, -0.25) is 9.69 Å². The SMILES string of the molecule is COc1ccc(F)cc1C(=O)[C@@H]1CCCN(Cc2cnc(N(C)C)s2)C1. The van der Waals surface area contributed by atoms with E-state index < -0.39 is 5.82 Å². The van der Waals surface area contributed by atoms with Crippen molar-refractivity contribution in [3.8, 4) is 5.75 Å². The molecule has 1 atom stereocenters. The molecule has 2 heterocycles. The van der Waals surface area contributed by atoms with Gasteiger partial charge in [0, 0.05) is 44.2 Å². The maximum Gasteiger partial charge on any atom is 0.185 e. The number of benzene rings is 1. The third-order valence-electron chi connectivity index (χ3n) is 4.61. The number of ether oxygens (including phenoxy) is 1. The van der Waals surface area contributed by atoms with Gasteiger partial charge in [-0.25, -0.2) is 9.37 Å². The highest BCUT2D eigenvalue weighted by molar-refractivity contribution is 7.15. The standard InChI is InChI=1S/C19H24FN3O2S/c1-22(2)19-21-10-15(26-19)12-23-8-4-5-13(11-23)18(24)16-9-14(20)6-7-17(16)25-3/h6-7,9-10,13H,4-5,8,11-12H2,1-3H3/t13-/m1/s1. The van der Waals surface area contributed by atoms with E-state index in [4.69, 9.17) is 4.74 Å². The number of Topliss-reactive ketones (excluding diaryl/α,β-unsaturated/α-hetero) is 1. The molecule has 1 aliphatic heterocycles. The number of rotatable bonds is 6. The van der Waals surface area contributed by atoms with Gasteiger partial charge in [0.1, 0.15) is 11.6 Å². The maximum absolute atomic E-state index is 13.6. The van der Waals surface area contributed by atoms with Crippen LogP contribution in [0.15, 0.2) is 24.4 Å². The molecule has 5 nitrogen and oxygen atoms in total. The van der Waals surface area contributed by atoms with Crippen molar-refractivity contribution in [3.63, 3.8) is 0 Å². The summed E-state index contributed by atoms with van der Waals surface area (Å²) in [5.74, 6) is -0.153. The Bertz CT molecular complexity index is 778. The van der Waals surface area contributed by atoms with Crippen LogP contribution in [0, 0.1) is 11.7 Å². The molecule has 7 heteroatoms. The molecule has 0 saturated carbocycles. The van der Waals surface area contributed by atoms with Gasteiger partial charge in [-0.2, -0.15) is 0 Å². The molecule has 1 aromatic carbocycles. The van der Waals surface area contributed by atoms with E-state index in [1.165, 1.54) is 30.2 Å². The highest BCUT2D eigenvalue weighted by Gasteiger charge is 2.29. The van der Waals surface area contributed by atoms with Crippen LogP contribution in [-0.2, 0) is 6.54 Å². The quantitative estimate of drug-likeness (QED) is 0.722. The molecule has 2 aromatic rings. The lowest BCUT2D eigenvalue weighted by Crippen LogP contribution is -2.38. The molecule has 0 bridgehead atoms. The average molecular weight is 377 g/mol. The molecule has 1 fully saturated rings. The number of carbonyl (C=O) groups is 1. The maximum atomic E-state index is 13.6. The number of aromatic nitrogens is 1. The second-order valence-corrected chi connectivity index (χ2v) is 7.88. The van der Waals surface area contributed by atoms with Crippen LogP contribution >= 0.6 is 11.3 Å². The third-order valence-corrected chi connectivity index (χ3v) is 5.76. The largest absolute Gasteiger partial charge is 0.496 e. The van der Waals surface area contributed by atoms with Crippen LogP contribution in [0.4, 0.5) is 9.52 Å². The van der Waals surface area contributed by atoms with Crippen molar-refractivity contribution in [1.82, 2.24) is 9.88 Å². The monoisotopic (exact) mass is 377 g/mol. The number of ketones is 1. The van der Waals surface area contributed by atoms with Crippen LogP contribution < -0.4 is 9.64 Å². The molecule has 1 aromatic heterocycles. The summed E-state index contributed by atoms with van der Waals surface area (Å²) in [5, 5.41) is 0.981. The lowest BCUT2D eigenvalue weighted by Gasteiger charge is -2.31. The summed E-state index contributed by atoms with van der Waals surface area (Å²) >= 11 is 1.67. The summed E-state index contributed by atoms with van der Waals surface area (Å²) in [6.45, 7) is 2.42. The molecular weight excluding hydrogens is 353 g/mol. The number of hydrogen-bond donors (Lipinski definition) is 0. The van der Waals surface area contributed by atoms with Crippen LogP contribution in [0.1, 0.15) is 28.1 Å². The Morgan fingerprint density at radius 2 is 2.27 bits per heavy atom. The Morgan fingerprint density at radius 1 is 1.46 bits per heavy atom. The summed E-state index contributed by atoms with van der Waals surface area (Å²) in [5.41, 5.74) is 0.340. The highest BCUT2D eigenvalue weighted by atomic mass is 32.1. The van der Waals surface area contributed by atoms with E-state index in [9.17, 15) is 9.18 Å². The molecule has 0 aliphatic carbocycles. The Kier molecular flexibility index (Phi) is 5.88. The summed E-state index contributed by atoms with van der Waals surface area (Å²) < 4.78 is 18.9. The molecule has 0 N–H and O–H groups in total. The minimum Gasteiger partial charge on any atom is -0.496 e. The van der Waals surface area contributed by atoms with Gasteiger partial charge >= 0.3 is 0 Å². The van der Waals surface area contributed by atoms with Gasteiger partial charge in [-0.15, -0.1) is 11.3 Å². The molecule has 0 radical (unpaired) electrons. The highest BCUT2D eigenvalue weighted by Crippen LogP contribution is 2.29. The van der Waals surface area contributed by atoms with E-state index in [1.54, 1.807) is 11.3 Å². The van der Waals surface area contributed by atoms with Crippen LogP contribution in [0.2, 0.25) is 0 Å². The van der Waals surface area contributed by atoms with Gasteiger partial charge < -0.3 is 9.64 Å². The Hall–Kier alpha value is -1.99. The lowest BCUT2D eigenvalue weighted by atomic mass is 9.89. The van der Waals surface area contributed by atoms with Crippen molar-refractivity contribution < 1.29 is 13.9 Å². The van der Waals surface area contributed by atoms with Gasteiger partial charge in [-0.1, -0.05) is 0 Å². The smallest absolute Gasteiger partial charge is 0.185 e. The van der Waals surface area contributed by atoms with Crippen molar-refractivity contribution in [1.29, 1.82) is 0 Å². The first kappa shape index (κ1) is 18.8. The first-order valence-electron chi connectivity index (χ1n) is 8.70. The fourth-order valence-corrected chi connectivity index (χ4v) is 4.18. The Labute approximate surface area is 157 Å². The number of anilines is 1. The van der Waals surface area contributed by atoms with E-state index in [2.05, 4.69) is 9.88 Å². The number of likely N-dealkylation sites (tertiary alicyclic amines) is 1. The number of methoxy groups -OCH3 is 1. The zero-order chi connectivity index (χ0) is 18.7. The number of hydrogen-bond acceptors (Lipinski definition) is 6. The molecule has 0 amide bonds. The van der Waals surface area contributed by atoms with Gasteiger partial charge in [0.25, 0.3) is 0 Å². The Morgan fingerprint density at radius 3 is 2.96 bits per heavy atom. The van der Waals surface area contributed by atoms with Gasteiger partial charge in [0.05, 0.1) is 12.7 Å². The van der Waals surface area contributed by atoms with E-state index in [0.29, 0.717) is 17.9 Å². The van der Waals surface area contributed by atoms with Crippen molar-refractivity contribution in [2.24, 2.45) is 5.92 Å². The van der Waals surface area contributed by atoms with Gasteiger partial charge in [0.2, 0.25) is 0 Å². The molecule has 0 unspecified atom stereocenters. The van der Waals surface area contributed by atoms with E-state index >= 15 is 0 Å². The van der Waals surface area contributed by atoms with Gasteiger partial charge in [0.15, 0.2) is 10.9 Å². The summed E-state index contributed by atoms with van der Waals surface area (Å²) in [4.78, 5) is 22.8. The van der Waals surface area contributed by atoms with Crippen molar-refractivity contribution in [2.45, 2.75) is 19.4 Å². The molecule has 3 rings (SSSR count). The van der Waals surface area contributed by atoms with Crippen molar-refractivity contribution in [3.05, 3.63) is 40.7 Å². The number of thiazole rings is 1. The fraction of sp³-hybridized carbons (Fsp3) is 0.474. The van der Waals surface area contributed by atoms with Crippen molar-refractivity contribution in [2.75, 3.05) is 39.2 Å². The summed E-state index contributed by atoms with van der Waals surface area (Å²) in [6, 6.07) is 4.12. The number of carbonyl (C=O) groups excluding carboxylic acids is 1. The predicted molar refractivity (Wildman–Crippen MR) is 102 cm³/mol. The minimum atomic E-state index is -0.414. The first-order chi connectivity index (χ1) is 12.5. The van der Waals surface area contributed by atoms with Gasteiger partial charge in [-0.05, 0) is 37.6 Å². The summed E-state index contributed by atoms with van der Waals surface area (Å²) in [6.07, 6.45) is 3.68. The first-order valence-corrected chi connectivity index (χ1v) is 9.51. The van der Waals surface area contributed by atoms with Crippen molar-refractivity contribution >= 4 is 22.3 Å². The van der Waals surface area contributed by atoms with E-state index in [0.717, 1.165) is 31.1 Å². The summed E-state index contributed by atoms with van der Waals surface area (Å²) in [7, 11) is 5.46. The normalized spacial score (nSPS) is 17.9. The van der Waals surface area contributed by atoms with Crippen LogP contribution in [-0.4, -0.2) is 50.0 Å². The molecular formula is C19H24FN3O2S. The molecule has 140 valence electrons. The second-order valence-electron chi connectivity index (χ2n) is 6.79. The van der Waals surface area contributed by atoms with Crippen LogP contribution in [0.25, 0.3) is 0 Å². The van der Waals surface area contributed by atoms with E-state index in [1.807, 2.05) is 25.2 Å². The number of piperidine rings is 1. The molecule has 1 saturated heterocycles. The molecule has 0 spiro atoms. The lowest BCUT2D eigenvalue weighted by molar-refractivity contribution is 0.0809. The number of halogens is 1. The minimum absolute atomic E-state index is 0.0377. The van der Waals surface area contributed by atoms with Crippen LogP contribution in [0.5, 0.6) is 5.75 Å². The molecule has 26 heavy (non-hydrogen) atoms. The molecule has 1 aliphatic rings. The fourth-order valence-electron chi connectivity index (χ4n) is 3.30. The average Bonchev–Trinajstić information content (AvgIpc) is 3.10. The number of nitrogens with zero attached hydrogens (tertiary/aromatic N) is 3. The van der Waals surface area contributed by atoms with Crippen LogP contribution in [0.3, 0.4) is 0 Å². The zero-order valence-electron chi connectivity index (χ0n) is 15.4. The van der Waals surface area contributed by atoms with E-state index in [-0.39, 0.29) is 11.7 Å².